The van der Waals surface area contributed by atoms with Crippen LogP contribution in [0.2, 0.25) is 5.02 Å². The third-order valence-corrected chi connectivity index (χ3v) is 5.43. The highest BCUT2D eigenvalue weighted by Gasteiger charge is 2.30. The molecule has 0 unspecified atom stereocenters. The van der Waals surface area contributed by atoms with Gasteiger partial charge in [-0.15, -0.1) is 0 Å². The minimum Gasteiger partial charge on any atom is -0.314 e. The summed E-state index contributed by atoms with van der Waals surface area (Å²) in [6.07, 6.45) is 2.07. The first-order valence-electron chi connectivity index (χ1n) is 9.16. The highest BCUT2D eigenvalue weighted by Crippen LogP contribution is 2.29. The number of amides is 2. The van der Waals surface area contributed by atoms with Crippen LogP contribution < -0.4 is 5.32 Å². The van der Waals surface area contributed by atoms with E-state index in [-0.39, 0.29) is 6.03 Å². The van der Waals surface area contributed by atoms with Crippen LogP contribution in [0, 0.1) is 13.8 Å². The largest absolute Gasteiger partial charge is 0.322 e. The number of anilines is 1. The van der Waals surface area contributed by atoms with E-state index in [1.54, 1.807) is 17.0 Å². The van der Waals surface area contributed by atoms with Crippen LogP contribution in [0.25, 0.3) is 5.65 Å². The minimum atomic E-state index is -0.185. The Labute approximate surface area is 163 Å². The van der Waals surface area contributed by atoms with Crippen molar-refractivity contribution in [1.82, 2.24) is 19.5 Å². The first kappa shape index (κ1) is 17.8. The molecule has 0 spiro atoms. The number of halogens is 1. The van der Waals surface area contributed by atoms with Gasteiger partial charge in [0.05, 0.1) is 29.5 Å². The van der Waals surface area contributed by atoms with Crippen molar-refractivity contribution in [1.29, 1.82) is 0 Å². The zero-order valence-corrected chi connectivity index (χ0v) is 16.5. The van der Waals surface area contributed by atoms with Gasteiger partial charge in [-0.25, -0.2) is 14.3 Å². The molecule has 0 fully saturated rings. The maximum atomic E-state index is 12.6. The van der Waals surface area contributed by atoms with Gasteiger partial charge in [0.2, 0.25) is 0 Å². The van der Waals surface area contributed by atoms with Crippen molar-refractivity contribution in [2.75, 3.05) is 5.32 Å². The normalized spacial score (nSPS) is 13.3. The maximum absolute atomic E-state index is 12.6. The molecular formula is C20H22ClN5O. The van der Waals surface area contributed by atoms with E-state index in [2.05, 4.69) is 19.2 Å². The Morgan fingerprint density at radius 3 is 2.78 bits per heavy atom. The third-order valence-electron chi connectivity index (χ3n) is 5.10. The monoisotopic (exact) mass is 383 g/mol. The number of nitrogens with zero attached hydrogens (tertiary/aromatic N) is 4. The van der Waals surface area contributed by atoms with E-state index in [4.69, 9.17) is 21.7 Å². The van der Waals surface area contributed by atoms with Crippen molar-refractivity contribution in [3.63, 3.8) is 0 Å². The lowest BCUT2D eigenvalue weighted by Crippen LogP contribution is -2.30. The molecule has 0 bridgehead atoms. The Hall–Kier alpha value is -2.60. The fraction of sp³-hybridized carbons (Fsp3) is 0.350. The zero-order valence-electron chi connectivity index (χ0n) is 15.7. The number of carbonyl (C=O) groups is 1. The van der Waals surface area contributed by atoms with Crippen LogP contribution >= 0.6 is 11.6 Å². The van der Waals surface area contributed by atoms with E-state index in [1.807, 2.05) is 23.6 Å². The lowest BCUT2D eigenvalue weighted by atomic mass is 10.1. The van der Waals surface area contributed by atoms with Gasteiger partial charge in [-0.3, -0.25) is 0 Å². The number of aryl methyl sites for hydroxylation is 2. The van der Waals surface area contributed by atoms with Gasteiger partial charge in [0, 0.05) is 17.0 Å². The third kappa shape index (κ3) is 3.04. The fourth-order valence-electron chi connectivity index (χ4n) is 3.68. The number of carbonyl (C=O) groups excluding carboxylic acids is 1. The molecule has 1 aliphatic heterocycles. The number of para-hydroxylation sites is 1. The van der Waals surface area contributed by atoms with Crippen LogP contribution in [0.5, 0.6) is 0 Å². The van der Waals surface area contributed by atoms with Crippen LogP contribution in [0.4, 0.5) is 10.5 Å². The number of nitrogens with one attached hydrogen (secondary N) is 1. The summed E-state index contributed by atoms with van der Waals surface area (Å²) in [6, 6.07) is 7.03. The van der Waals surface area contributed by atoms with Crippen LogP contribution in [-0.4, -0.2) is 25.5 Å². The first-order chi connectivity index (χ1) is 13.0. The summed E-state index contributed by atoms with van der Waals surface area (Å²) in [4.78, 5) is 19.2. The summed E-state index contributed by atoms with van der Waals surface area (Å²) in [7, 11) is 0. The number of urea groups is 1. The molecule has 3 aromatic rings. The Bertz CT molecular complexity index is 1040. The van der Waals surface area contributed by atoms with E-state index in [0.29, 0.717) is 23.8 Å². The van der Waals surface area contributed by atoms with Crippen LogP contribution in [0.3, 0.4) is 0 Å². The highest BCUT2D eigenvalue weighted by molar-refractivity contribution is 6.33. The van der Waals surface area contributed by atoms with Crippen molar-refractivity contribution in [3.8, 4) is 0 Å². The number of rotatable bonds is 3. The Balaban J connectivity index is 1.61. The van der Waals surface area contributed by atoms with E-state index in [9.17, 15) is 4.79 Å². The van der Waals surface area contributed by atoms with E-state index in [0.717, 1.165) is 41.1 Å². The van der Waals surface area contributed by atoms with Gasteiger partial charge in [-0.05, 0) is 38.0 Å². The fourth-order valence-corrected chi connectivity index (χ4v) is 3.86. The van der Waals surface area contributed by atoms with Gasteiger partial charge >= 0.3 is 6.03 Å². The quantitative estimate of drug-likeness (QED) is 0.724. The Morgan fingerprint density at radius 2 is 2.04 bits per heavy atom. The Morgan fingerprint density at radius 1 is 1.26 bits per heavy atom. The molecule has 6 nitrogen and oxygen atoms in total. The predicted molar refractivity (Wildman–Crippen MR) is 106 cm³/mol. The van der Waals surface area contributed by atoms with Crippen LogP contribution in [-0.2, 0) is 19.5 Å². The zero-order chi connectivity index (χ0) is 19.1. The molecule has 3 heterocycles. The first-order valence-corrected chi connectivity index (χ1v) is 9.54. The molecule has 1 aliphatic rings. The average molecular weight is 384 g/mol. The average Bonchev–Trinajstić information content (AvgIpc) is 3.20. The molecule has 27 heavy (non-hydrogen) atoms. The highest BCUT2D eigenvalue weighted by atomic mass is 35.5. The maximum Gasteiger partial charge on any atom is 0.322 e. The second-order valence-electron chi connectivity index (χ2n) is 6.94. The van der Waals surface area contributed by atoms with Crippen molar-refractivity contribution in [2.45, 2.75) is 46.7 Å². The molecule has 0 saturated heterocycles. The summed E-state index contributed by atoms with van der Waals surface area (Å²) in [5.41, 5.74) is 6.85. The van der Waals surface area contributed by atoms with Gasteiger partial charge in [0.1, 0.15) is 0 Å². The number of hydrogen-bond acceptors (Lipinski definition) is 3. The number of aromatic nitrogens is 3. The molecule has 1 aromatic carbocycles. The van der Waals surface area contributed by atoms with Gasteiger partial charge < -0.3 is 10.2 Å². The summed E-state index contributed by atoms with van der Waals surface area (Å²) in [6.45, 7) is 7.28. The van der Waals surface area contributed by atoms with Crippen molar-refractivity contribution >= 4 is 29.0 Å². The van der Waals surface area contributed by atoms with Gasteiger partial charge in [-0.1, -0.05) is 37.1 Å². The lowest BCUT2D eigenvalue weighted by Gasteiger charge is -2.17. The lowest BCUT2D eigenvalue weighted by molar-refractivity contribution is 0.212. The standard InChI is InChI=1S/C20H22ClN5O/c1-4-7-14-12(2)22-19-15-10-25(11-18(15)24-26(19)13(14)3)20(27)23-17-9-6-5-8-16(17)21/h5-6,8-9H,4,7,10-11H2,1-3H3,(H,23,27). The molecule has 1 N–H and O–H groups in total. The van der Waals surface area contributed by atoms with Gasteiger partial charge in [-0.2, -0.15) is 5.10 Å². The SMILES string of the molecule is CCCc1c(C)nc2c3c(nn2c1C)CN(C(=O)Nc1ccccc1Cl)C3. The second kappa shape index (κ2) is 6.85. The smallest absolute Gasteiger partial charge is 0.314 e. The topological polar surface area (TPSA) is 62.5 Å². The summed E-state index contributed by atoms with van der Waals surface area (Å²) in [5.74, 6) is 0. The Kier molecular flexibility index (Phi) is 4.52. The minimum absolute atomic E-state index is 0.185. The molecular weight excluding hydrogens is 362 g/mol. The number of benzene rings is 1. The van der Waals surface area contributed by atoms with Gasteiger partial charge in [0.25, 0.3) is 0 Å². The molecule has 0 radical (unpaired) electrons. The van der Waals surface area contributed by atoms with Crippen molar-refractivity contribution in [2.24, 2.45) is 0 Å². The summed E-state index contributed by atoms with van der Waals surface area (Å²) >= 11 is 6.14. The molecule has 2 amide bonds. The molecule has 7 heteroatoms. The molecule has 140 valence electrons. The molecule has 0 atom stereocenters. The van der Waals surface area contributed by atoms with Crippen molar-refractivity contribution in [3.05, 3.63) is 57.5 Å². The van der Waals surface area contributed by atoms with E-state index >= 15 is 0 Å². The number of hydrogen-bond donors (Lipinski definition) is 1. The number of fused-ring (bicyclic) bond motifs is 3. The summed E-state index contributed by atoms with van der Waals surface area (Å²) < 4.78 is 1.94. The van der Waals surface area contributed by atoms with Crippen LogP contribution in [0.1, 0.15) is 41.6 Å². The van der Waals surface area contributed by atoms with E-state index in [1.165, 1.54) is 5.56 Å². The van der Waals surface area contributed by atoms with Gasteiger partial charge in [0.15, 0.2) is 5.65 Å². The van der Waals surface area contributed by atoms with E-state index < -0.39 is 0 Å². The molecule has 0 saturated carbocycles. The summed E-state index contributed by atoms with van der Waals surface area (Å²) in [5, 5.41) is 8.13. The molecule has 2 aromatic heterocycles. The second-order valence-corrected chi connectivity index (χ2v) is 7.35. The van der Waals surface area contributed by atoms with Crippen molar-refractivity contribution < 1.29 is 4.79 Å². The van der Waals surface area contributed by atoms with Crippen LogP contribution in [0.15, 0.2) is 24.3 Å². The predicted octanol–water partition coefficient (Wildman–Crippen LogP) is 4.50. The molecule has 0 aliphatic carbocycles. The molecule has 4 rings (SSSR count).